The van der Waals surface area contributed by atoms with Gasteiger partial charge in [-0.1, -0.05) is 35.8 Å². The zero-order chi connectivity index (χ0) is 13.4. The van der Waals surface area contributed by atoms with Gasteiger partial charge in [0.1, 0.15) is 5.82 Å². The summed E-state index contributed by atoms with van der Waals surface area (Å²) < 4.78 is 13.7. The van der Waals surface area contributed by atoms with Crippen LogP contribution >= 0.6 is 15.9 Å². The number of nitrogens with one attached hydrogen (secondary N) is 1. The molecule has 0 aliphatic heterocycles. The van der Waals surface area contributed by atoms with Crippen molar-refractivity contribution in [1.29, 1.82) is 0 Å². The Kier molecular flexibility index (Phi) is 7.47. The van der Waals surface area contributed by atoms with Crippen LogP contribution in [0.25, 0.3) is 0 Å². The summed E-state index contributed by atoms with van der Waals surface area (Å²) in [5, 5.41) is 3.39. The van der Waals surface area contributed by atoms with E-state index in [9.17, 15) is 4.39 Å². The highest BCUT2D eigenvalue weighted by Crippen LogP contribution is 2.17. The van der Waals surface area contributed by atoms with Crippen molar-refractivity contribution >= 4 is 15.9 Å². The van der Waals surface area contributed by atoms with Crippen LogP contribution < -0.4 is 5.32 Å². The van der Waals surface area contributed by atoms with Gasteiger partial charge in [-0.05, 0) is 37.2 Å². The van der Waals surface area contributed by atoms with Crippen molar-refractivity contribution in [2.24, 2.45) is 0 Å². The maximum absolute atomic E-state index is 12.9. The molecular formula is C14H22BrFN2. The highest BCUT2D eigenvalue weighted by atomic mass is 79.9. The van der Waals surface area contributed by atoms with E-state index >= 15 is 0 Å². The normalized spacial score (nSPS) is 11.2. The Morgan fingerprint density at radius 3 is 2.67 bits per heavy atom. The fourth-order valence-corrected chi connectivity index (χ4v) is 2.36. The minimum Gasteiger partial charge on any atom is -0.311 e. The quantitative estimate of drug-likeness (QED) is 0.739. The summed E-state index contributed by atoms with van der Waals surface area (Å²) in [6.07, 6.45) is 1.19. The second kappa shape index (κ2) is 8.62. The molecule has 1 N–H and O–H groups in total. The minimum atomic E-state index is -0.203. The zero-order valence-electron chi connectivity index (χ0n) is 11.2. The van der Waals surface area contributed by atoms with Gasteiger partial charge in [-0.3, -0.25) is 0 Å². The van der Waals surface area contributed by atoms with Crippen molar-refractivity contribution in [2.75, 3.05) is 26.2 Å². The second-order valence-electron chi connectivity index (χ2n) is 4.35. The molecule has 0 saturated carbocycles. The molecule has 18 heavy (non-hydrogen) atoms. The van der Waals surface area contributed by atoms with Crippen LogP contribution in [0.4, 0.5) is 4.39 Å². The van der Waals surface area contributed by atoms with Crippen molar-refractivity contribution in [3.8, 4) is 0 Å². The van der Waals surface area contributed by atoms with Crippen LogP contribution in [-0.2, 0) is 6.54 Å². The van der Waals surface area contributed by atoms with Crippen LogP contribution in [0.2, 0.25) is 0 Å². The summed E-state index contributed by atoms with van der Waals surface area (Å²) in [6.45, 7) is 9.41. The molecule has 0 radical (unpaired) electrons. The second-order valence-corrected chi connectivity index (χ2v) is 5.20. The molecule has 1 aromatic rings. The maximum Gasteiger partial charge on any atom is 0.124 e. The Hall–Kier alpha value is -0.450. The molecule has 0 heterocycles. The van der Waals surface area contributed by atoms with Gasteiger partial charge >= 0.3 is 0 Å². The highest BCUT2D eigenvalue weighted by molar-refractivity contribution is 9.10. The van der Waals surface area contributed by atoms with Crippen LogP contribution in [0.1, 0.15) is 25.8 Å². The predicted molar refractivity (Wildman–Crippen MR) is 78.2 cm³/mol. The fourth-order valence-electron chi connectivity index (χ4n) is 1.87. The maximum atomic E-state index is 12.9. The molecule has 1 aromatic carbocycles. The van der Waals surface area contributed by atoms with Gasteiger partial charge < -0.3 is 10.2 Å². The Balaban J connectivity index is 2.29. The largest absolute Gasteiger partial charge is 0.311 e. The van der Waals surface area contributed by atoms with Gasteiger partial charge in [0.05, 0.1) is 0 Å². The molecule has 0 atom stereocenters. The topological polar surface area (TPSA) is 15.3 Å². The zero-order valence-corrected chi connectivity index (χ0v) is 12.8. The molecule has 0 unspecified atom stereocenters. The monoisotopic (exact) mass is 316 g/mol. The molecular weight excluding hydrogens is 295 g/mol. The summed E-state index contributed by atoms with van der Waals surface area (Å²) in [5.74, 6) is -0.203. The van der Waals surface area contributed by atoms with Crippen LogP contribution in [0.15, 0.2) is 22.7 Å². The molecule has 0 saturated heterocycles. The van der Waals surface area contributed by atoms with Gasteiger partial charge in [-0.25, -0.2) is 4.39 Å². The molecule has 0 amide bonds. The van der Waals surface area contributed by atoms with Crippen molar-refractivity contribution in [2.45, 2.75) is 26.8 Å². The lowest BCUT2D eigenvalue weighted by Crippen LogP contribution is -2.32. The van der Waals surface area contributed by atoms with Crippen molar-refractivity contribution in [3.63, 3.8) is 0 Å². The Bertz CT molecular complexity index is 358. The van der Waals surface area contributed by atoms with Crippen LogP contribution in [-0.4, -0.2) is 31.1 Å². The molecule has 1 rings (SSSR count). The lowest BCUT2D eigenvalue weighted by Gasteiger charge is -2.19. The minimum absolute atomic E-state index is 0.203. The van der Waals surface area contributed by atoms with Gasteiger partial charge in [0.2, 0.25) is 0 Å². The average Bonchev–Trinajstić information content (AvgIpc) is 2.35. The summed E-state index contributed by atoms with van der Waals surface area (Å²) >= 11 is 3.38. The first-order chi connectivity index (χ1) is 8.67. The first kappa shape index (κ1) is 15.6. The Labute approximate surface area is 118 Å². The number of rotatable bonds is 8. The molecule has 2 nitrogen and oxygen atoms in total. The average molecular weight is 317 g/mol. The van der Waals surface area contributed by atoms with E-state index in [0.29, 0.717) is 0 Å². The lowest BCUT2D eigenvalue weighted by atomic mass is 10.2. The molecule has 4 heteroatoms. The number of hydrogen-bond donors (Lipinski definition) is 1. The third kappa shape index (κ3) is 5.46. The highest BCUT2D eigenvalue weighted by Gasteiger charge is 2.02. The van der Waals surface area contributed by atoms with E-state index in [1.807, 2.05) is 6.07 Å². The van der Waals surface area contributed by atoms with E-state index in [1.54, 1.807) is 0 Å². The van der Waals surface area contributed by atoms with E-state index in [2.05, 4.69) is 40.0 Å². The standard InChI is InChI=1S/C14H22BrFN2/c1-3-8-18(4-2)9-7-17-11-12-5-6-13(16)10-14(12)15/h5-6,10,17H,3-4,7-9,11H2,1-2H3. The third-order valence-corrected chi connectivity index (χ3v) is 3.66. The molecule has 0 aromatic heterocycles. The fraction of sp³-hybridized carbons (Fsp3) is 0.571. The van der Waals surface area contributed by atoms with Gasteiger partial charge in [0.15, 0.2) is 0 Å². The number of hydrogen-bond acceptors (Lipinski definition) is 2. The molecule has 0 bridgehead atoms. The number of likely N-dealkylation sites (N-methyl/N-ethyl adjacent to an activating group) is 1. The van der Waals surface area contributed by atoms with Gasteiger partial charge in [-0.15, -0.1) is 0 Å². The predicted octanol–water partition coefficient (Wildman–Crippen LogP) is 3.41. The Morgan fingerprint density at radius 2 is 2.06 bits per heavy atom. The lowest BCUT2D eigenvalue weighted by molar-refractivity contribution is 0.287. The van der Waals surface area contributed by atoms with Crippen molar-refractivity contribution in [1.82, 2.24) is 10.2 Å². The van der Waals surface area contributed by atoms with Crippen LogP contribution in [0.3, 0.4) is 0 Å². The summed E-state index contributed by atoms with van der Waals surface area (Å²) in [7, 11) is 0. The molecule has 0 aliphatic carbocycles. The van der Waals surface area contributed by atoms with E-state index in [4.69, 9.17) is 0 Å². The number of benzene rings is 1. The summed E-state index contributed by atoms with van der Waals surface area (Å²) in [6, 6.07) is 4.82. The van der Waals surface area contributed by atoms with Gasteiger partial charge in [-0.2, -0.15) is 0 Å². The number of halogens is 2. The van der Waals surface area contributed by atoms with Gasteiger partial charge in [0, 0.05) is 24.1 Å². The third-order valence-electron chi connectivity index (χ3n) is 2.92. The van der Waals surface area contributed by atoms with E-state index in [-0.39, 0.29) is 5.82 Å². The van der Waals surface area contributed by atoms with Crippen LogP contribution in [0, 0.1) is 5.82 Å². The molecule has 0 aliphatic rings. The molecule has 0 fully saturated rings. The smallest absolute Gasteiger partial charge is 0.124 e. The SMILES string of the molecule is CCCN(CC)CCNCc1ccc(F)cc1Br. The van der Waals surface area contributed by atoms with Crippen LogP contribution in [0.5, 0.6) is 0 Å². The van der Waals surface area contributed by atoms with Gasteiger partial charge in [0.25, 0.3) is 0 Å². The van der Waals surface area contributed by atoms with E-state index in [1.165, 1.54) is 18.6 Å². The summed E-state index contributed by atoms with van der Waals surface area (Å²) in [5.41, 5.74) is 1.09. The summed E-state index contributed by atoms with van der Waals surface area (Å²) in [4.78, 5) is 2.42. The van der Waals surface area contributed by atoms with E-state index in [0.717, 1.165) is 42.8 Å². The van der Waals surface area contributed by atoms with Crippen molar-refractivity contribution in [3.05, 3.63) is 34.1 Å². The molecule has 102 valence electrons. The number of nitrogens with zero attached hydrogens (tertiary/aromatic N) is 1. The Morgan fingerprint density at radius 1 is 1.28 bits per heavy atom. The van der Waals surface area contributed by atoms with E-state index < -0.39 is 0 Å². The van der Waals surface area contributed by atoms with Crippen molar-refractivity contribution < 1.29 is 4.39 Å². The molecule has 0 spiro atoms. The first-order valence-electron chi connectivity index (χ1n) is 6.54. The first-order valence-corrected chi connectivity index (χ1v) is 7.33.